The minimum Gasteiger partial charge on any atom is -0.400 e. The third-order valence-electron chi connectivity index (χ3n) is 2.35. The summed E-state index contributed by atoms with van der Waals surface area (Å²) in [5.41, 5.74) is 0. The van der Waals surface area contributed by atoms with E-state index in [9.17, 15) is 0 Å². The van der Waals surface area contributed by atoms with Crippen LogP contribution in [0.1, 0.15) is 71.1 Å². The topological polar surface area (TPSA) is 60.7 Å². The maximum Gasteiger partial charge on any atom is 0.0319 e. The van der Waals surface area contributed by atoms with Gasteiger partial charge in [0.1, 0.15) is 0 Å². The minimum atomic E-state index is 0. The van der Waals surface area contributed by atoms with Gasteiger partial charge in [0.2, 0.25) is 0 Å². The Kier molecular flexibility index (Phi) is 85.9. The predicted molar refractivity (Wildman–Crippen MR) is 81.6 cm³/mol. The second kappa shape index (κ2) is 51.1. The van der Waals surface area contributed by atoms with Gasteiger partial charge in [0.25, 0.3) is 0 Å². The van der Waals surface area contributed by atoms with Crippen LogP contribution in [0.5, 0.6) is 0 Å². The Hall–Kier alpha value is 0.763. The van der Waals surface area contributed by atoms with Crippen LogP contribution in [-0.2, 0) is 26.2 Å². The van der Waals surface area contributed by atoms with E-state index in [-0.39, 0.29) is 26.2 Å². The second-order valence-electron chi connectivity index (χ2n) is 3.68. The normalized spacial score (nSPS) is 7.58. The summed E-state index contributed by atoms with van der Waals surface area (Å²) in [6.07, 6.45) is 13.9. The molecule has 4 heteroatoms. The van der Waals surface area contributed by atoms with Crippen molar-refractivity contribution in [3.05, 3.63) is 6.92 Å². The van der Waals surface area contributed by atoms with Gasteiger partial charge in [-0.15, -0.1) is 0 Å². The van der Waals surface area contributed by atoms with Crippen LogP contribution < -0.4 is 0 Å². The SMILES string of the molecule is CO.CO.CO.[CH2-]CCCCCCCCCCC.[Zr]. The van der Waals surface area contributed by atoms with Crippen molar-refractivity contribution in [1.82, 2.24) is 0 Å². The van der Waals surface area contributed by atoms with Gasteiger partial charge in [0.15, 0.2) is 0 Å². The third-order valence-corrected chi connectivity index (χ3v) is 2.35. The van der Waals surface area contributed by atoms with E-state index in [1.807, 2.05) is 0 Å². The zero-order valence-electron chi connectivity index (χ0n) is 13.6. The molecule has 0 saturated heterocycles. The van der Waals surface area contributed by atoms with Crippen molar-refractivity contribution < 1.29 is 41.5 Å². The van der Waals surface area contributed by atoms with Crippen molar-refractivity contribution in [2.24, 2.45) is 0 Å². The van der Waals surface area contributed by atoms with Crippen LogP contribution in [0.15, 0.2) is 0 Å². The molecule has 0 aromatic heterocycles. The van der Waals surface area contributed by atoms with Crippen molar-refractivity contribution >= 4 is 0 Å². The van der Waals surface area contributed by atoms with E-state index in [1.165, 1.54) is 57.8 Å². The van der Waals surface area contributed by atoms with Crippen LogP contribution in [0.25, 0.3) is 0 Å². The first-order valence-corrected chi connectivity index (χ1v) is 7.05. The summed E-state index contributed by atoms with van der Waals surface area (Å²) in [6.45, 7) is 6.12. The summed E-state index contributed by atoms with van der Waals surface area (Å²) in [4.78, 5) is 0. The van der Waals surface area contributed by atoms with Crippen molar-refractivity contribution in [3.63, 3.8) is 0 Å². The molecule has 3 N–H and O–H groups in total. The quantitative estimate of drug-likeness (QED) is 0.437. The van der Waals surface area contributed by atoms with Gasteiger partial charge in [-0.25, -0.2) is 0 Å². The van der Waals surface area contributed by atoms with Gasteiger partial charge in [0, 0.05) is 47.5 Å². The van der Waals surface area contributed by atoms with E-state index in [0.717, 1.165) is 27.8 Å². The Morgan fingerprint density at radius 2 is 0.842 bits per heavy atom. The van der Waals surface area contributed by atoms with Crippen LogP contribution >= 0.6 is 0 Å². The van der Waals surface area contributed by atoms with Crippen molar-refractivity contribution in [1.29, 1.82) is 0 Å². The van der Waals surface area contributed by atoms with E-state index in [4.69, 9.17) is 15.3 Å². The average molecular weight is 357 g/mol. The second-order valence-corrected chi connectivity index (χ2v) is 3.68. The fourth-order valence-corrected chi connectivity index (χ4v) is 1.49. The standard InChI is InChI=1S/C12H25.3CH4O.Zr/c1-3-5-7-9-11-12-10-8-6-4-2;3*1-2;/h1,3-12H2,2H3;3*2H,1H3;/q-1;;;;. The summed E-state index contributed by atoms with van der Waals surface area (Å²) in [5, 5.41) is 21.0. The summed E-state index contributed by atoms with van der Waals surface area (Å²) in [5.74, 6) is 0. The summed E-state index contributed by atoms with van der Waals surface area (Å²) in [7, 11) is 3.00. The number of aliphatic hydroxyl groups excluding tert-OH is 3. The minimum absolute atomic E-state index is 0. The van der Waals surface area contributed by atoms with Gasteiger partial charge >= 0.3 is 0 Å². The Labute approximate surface area is 140 Å². The number of hydrogen-bond acceptors (Lipinski definition) is 3. The molecule has 3 nitrogen and oxygen atoms in total. The van der Waals surface area contributed by atoms with Gasteiger partial charge in [-0.1, -0.05) is 64.7 Å². The maximum atomic E-state index is 7.00. The van der Waals surface area contributed by atoms with Crippen molar-refractivity contribution in [2.75, 3.05) is 21.3 Å². The first-order valence-electron chi connectivity index (χ1n) is 7.05. The molecule has 0 heterocycles. The van der Waals surface area contributed by atoms with Gasteiger partial charge < -0.3 is 22.2 Å². The van der Waals surface area contributed by atoms with Gasteiger partial charge in [-0.3, -0.25) is 0 Å². The third kappa shape index (κ3) is 55.3. The summed E-state index contributed by atoms with van der Waals surface area (Å²) in [6, 6.07) is 0. The zero-order valence-corrected chi connectivity index (χ0v) is 16.1. The fourth-order valence-electron chi connectivity index (χ4n) is 1.49. The van der Waals surface area contributed by atoms with E-state index in [0.29, 0.717) is 0 Å². The molecule has 19 heavy (non-hydrogen) atoms. The van der Waals surface area contributed by atoms with Crippen molar-refractivity contribution in [2.45, 2.75) is 71.1 Å². The zero-order chi connectivity index (χ0) is 15.1. The molecule has 120 valence electrons. The van der Waals surface area contributed by atoms with Crippen LogP contribution in [0.3, 0.4) is 0 Å². The van der Waals surface area contributed by atoms with E-state index in [1.54, 1.807) is 0 Å². The first kappa shape index (κ1) is 31.9. The van der Waals surface area contributed by atoms with E-state index in [2.05, 4.69) is 13.8 Å². The number of aliphatic hydroxyl groups is 3. The van der Waals surface area contributed by atoms with Crippen LogP contribution in [0.4, 0.5) is 0 Å². The Morgan fingerprint density at radius 3 is 1.11 bits per heavy atom. The molecule has 0 fully saturated rings. The number of unbranched alkanes of at least 4 members (excludes halogenated alkanes) is 9. The van der Waals surface area contributed by atoms with Crippen LogP contribution in [-0.4, -0.2) is 36.6 Å². The molecule has 0 bridgehead atoms. The Balaban J connectivity index is -0.0000000816. The van der Waals surface area contributed by atoms with Crippen LogP contribution in [0.2, 0.25) is 0 Å². The maximum absolute atomic E-state index is 7.00. The summed E-state index contributed by atoms with van der Waals surface area (Å²) < 4.78 is 0. The smallest absolute Gasteiger partial charge is 0.0319 e. The molecule has 0 aliphatic carbocycles. The molecular weight excluding hydrogens is 319 g/mol. The predicted octanol–water partition coefficient (Wildman–Crippen LogP) is 3.56. The van der Waals surface area contributed by atoms with Gasteiger partial charge in [0.05, 0.1) is 0 Å². The molecule has 0 radical (unpaired) electrons. The Bertz CT molecular complexity index is 73.8. The van der Waals surface area contributed by atoms with Crippen LogP contribution in [0, 0.1) is 6.92 Å². The average Bonchev–Trinajstić information content (AvgIpc) is 2.48. The summed E-state index contributed by atoms with van der Waals surface area (Å²) >= 11 is 0. The largest absolute Gasteiger partial charge is 0.400 e. The molecular formula is C15H37O3Zr-. The molecule has 0 rings (SSSR count). The molecule has 0 aromatic carbocycles. The van der Waals surface area contributed by atoms with Crippen molar-refractivity contribution in [3.8, 4) is 0 Å². The molecule has 0 aliphatic rings. The van der Waals surface area contributed by atoms with Gasteiger partial charge in [-0.2, -0.15) is 6.42 Å². The first-order chi connectivity index (χ1) is 8.91. The fraction of sp³-hybridized carbons (Fsp3) is 0.933. The van der Waals surface area contributed by atoms with E-state index >= 15 is 0 Å². The molecule has 0 atom stereocenters. The van der Waals surface area contributed by atoms with Gasteiger partial charge in [-0.05, 0) is 0 Å². The molecule has 0 aliphatic heterocycles. The molecule has 0 amide bonds. The Morgan fingerprint density at radius 1 is 0.579 bits per heavy atom. The molecule has 0 unspecified atom stereocenters. The monoisotopic (exact) mass is 355 g/mol. The molecule has 0 spiro atoms. The van der Waals surface area contributed by atoms with E-state index < -0.39 is 0 Å². The number of rotatable bonds is 9. The molecule has 0 saturated carbocycles. The number of hydrogen-bond donors (Lipinski definition) is 3. The molecule has 0 aromatic rings.